The van der Waals surface area contributed by atoms with Gasteiger partial charge in [0.1, 0.15) is 17.2 Å². The minimum atomic E-state index is -0.607. The van der Waals surface area contributed by atoms with E-state index in [4.69, 9.17) is 14.0 Å². The highest BCUT2D eigenvalue weighted by Crippen LogP contribution is 2.36. The van der Waals surface area contributed by atoms with Crippen LogP contribution in [0.25, 0.3) is 10.6 Å². The largest absolute Gasteiger partial charge is 0.497 e. The van der Waals surface area contributed by atoms with Crippen LogP contribution < -0.4 is 9.47 Å². The van der Waals surface area contributed by atoms with Gasteiger partial charge in [-0.15, -0.1) is 0 Å². The van der Waals surface area contributed by atoms with E-state index >= 15 is 0 Å². The normalized spacial score (nSPS) is 13.9. The molecule has 8 nitrogen and oxygen atoms in total. The second kappa shape index (κ2) is 7.93. The van der Waals surface area contributed by atoms with Gasteiger partial charge in [-0.25, -0.2) is 4.98 Å². The summed E-state index contributed by atoms with van der Waals surface area (Å²) >= 11 is 1.30. The predicted octanol–water partition coefficient (Wildman–Crippen LogP) is 4.96. The lowest BCUT2D eigenvalue weighted by molar-refractivity contribution is 0.0573. The Bertz CT molecular complexity index is 1290. The highest BCUT2D eigenvalue weighted by molar-refractivity contribution is 7.16. The van der Waals surface area contributed by atoms with Crippen molar-refractivity contribution in [2.45, 2.75) is 13.0 Å². The van der Waals surface area contributed by atoms with E-state index in [0.717, 1.165) is 4.88 Å². The van der Waals surface area contributed by atoms with Crippen molar-refractivity contribution < 1.29 is 23.6 Å². The van der Waals surface area contributed by atoms with E-state index < -0.39 is 6.04 Å². The Labute approximate surface area is 187 Å². The molecule has 2 aromatic carbocycles. The third-order valence-corrected chi connectivity index (χ3v) is 6.03. The quantitative estimate of drug-likeness (QED) is 0.386. The molecule has 0 spiro atoms. The molecule has 1 atom stereocenters. The first-order valence-electron chi connectivity index (χ1n) is 9.77. The van der Waals surface area contributed by atoms with Gasteiger partial charge in [-0.3, -0.25) is 14.5 Å². The van der Waals surface area contributed by atoms with Crippen molar-refractivity contribution >= 4 is 23.2 Å². The molecule has 9 heteroatoms. The molecule has 0 aliphatic carbocycles. The fourth-order valence-electron chi connectivity index (χ4n) is 3.48. The van der Waals surface area contributed by atoms with Gasteiger partial charge in [0.2, 0.25) is 0 Å². The van der Waals surface area contributed by atoms with Gasteiger partial charge in [0, 0.05) is 12.1 Å². The van der Waals surface area contributed by atoms with Gasteiger partial charge < -0.3 is 14.0 Å². The Morgan fingerprint density at radius 3 is 2.44 bits per heavy atom. The van der Waals surface area contributed by atoms with Crippen molar-refractivity contribution in [3.05, 3.63) is 77.7 Å². The van der Waals surface area contributed by atoms with Crippen LogP contribution in [0.5, 0.6) is 16.7 Å². The van der Waals surface area contributed by atoms with Crippen LogP contribution in [0.4, 0.5) is 0 Å². The van der Waals surface area contributed by atoms with Gasteiger partial charge in [-0.1, -0.05) is 34.7 Å². The highest BCUT2D eigenvalue weighted by Gasteiger charge is 2.40. The van der Waals surface area contributed by atoms with E-state index in [9.17, 15) is 9.59 Å². The van der Waals surface area contributed by atoms with Crippen LogP contribution in [0.15, 0.2) is 65.3 Å². The van der Waals surface area contributed by atoms with Crippen LogP contribution in [0, 0.1) is 0 Å². The lowest BCUT2D eigenvalue weighted by atomic mass is 10.1. The van der Waals surface area contributed by atoms with Crippen LogP contribution in [0.3, 0.4) is 0 Å². The van der Waals surface area contributed by atoms with Crippen LogP contribution in [0.2, 0.25) is 0 Å². The summed E-state index contributed by atoms with van der Waals surface area (Å²) < 4.78 is 16.5. The SMILES string of the molecule is COc1cccc(Oc2ncc(-c3cc(C(C)N4C(=O)c5ccccc5C4=O)on3)s2)c1. The van der Waals surface area contributed by atoms with Crippen molar-refractivity contribution in [1.82, 2.24) is 15.0 Å². The van der Waals surface area contributed by atoms with Gasteiger partial charge in [0.25, 0.3) is 17.0 Å². The topological polar surface area (TPSA) is 94.8 Å². The average molecular weight is 447 g/mol. The van der Waals surface area contributed by atoms with Crippen molar-refractivity contribution in [2.75, 3.05) is 7.11 Å². The number of hydrogen-bond acceptors (Lipinski definition) is 8. The number of hydrogen-bond donors (Lipinski definition) is 0. The highest BCUT2D eigenvalue weighted by atomic mass is 32.1. The van der Waals surface area contributed by atoms with Gasteiger partial charge in [-0.2, -0.15) is 0 Å². The summed E-state index contributed by atoms with van der Waals surface area (Å²) in [7, 11) is 1.59. The number of methoxy groups -OCH3 is 1. The molecule has 0 saturated carbocycles. The molecule has 2 aromatic heterocycles. The number of fused-ring (bicyclic) bond motifs is 1. The number of aromatic nitrogens is 2. The fourth-order valence-corrected chi connectivity index (χ4v) is 4.22. The average Bonchev–Trinajstić information content (AvgIpc) is 3.53. The summed E-state index contributed by atoms with van der Waals surface area (Å²) in [5.74, 6) is 0.997. The molecule has 2 amide bonds. The molecule has 4 aromatic rings. The zero-order valence-electron chi connectivity index (χ0n) is 17.1. The zero-order valence-corrected chi connectivity index (χ0v) is 18.0. The Hall–Kier alpha value is -3.98. The monoisotopic (exact) mass is 447 g/mol. The maximum atomic E-state index is 12.7. The molecule has 3 heterocycles. The molecule has 0 saturated heterocycles. The molecule has 1 aliphatic rings. The number of benzene rings is 2. The van der Waals surface area contributed by atoms with Gasteiger partial charge in [-0.05, 0) is 31.2 Å². The molecular weight excluding hydrogens is 430 g/mol. The van der Waals surface area contributed by atoms with E-state index in [1.807, 2.05) is 18.2 Å². The van der Waals surface area contributed by atoms with Crippen LogP contribution in [-0.4, -0.2) is 34.0 Å². The molecule has 160 valence electrons. The van der Waals surface area contributed by atoms with Gasteiger partial charge in [0.05, 0.1) is 35.4 Å². The van der Waals surface area contributed by atoms with E-state index in [-0.39, 0.29) is 11.8 Å². The Balaban J connectivity index is 1.34. The van der Waals surface area contributed by atoms with Crippen molar-refractivity contribution in [1.29, 1.82) is 0 Å². The standard InChI is InChI=1S/C23H17N3O5S/c1-13(26-21(27)16-8-3-4-9-17(16)22(26)28)19-11-18(25-31-19)20-12-24-23(32-20)30-15-7-5-6-14(10-15)29-2/h3-13H,1-2H3. The van der Waals surface area contributed by atoms with Crippen LogP contribution >= 0.6 is 11.3 Å². The summed E-state index contributed by atoms with van der Waals surface area (Å²) in [6.45, 7) is 1.73. The van der Waals surface area contributed by atoms with Gasteiger partial charge in [0.15, 0.2) is 5.76 Å². The second-order valence-electron chi connectivity index (χ2n) is 7.09. The van der Waals surface area contributed by atoms with E-state index in [0.29, 0.717) is 39.3 Å². The van der Waals surface area contributed by atoms with E-state index in [1.54, 1.807) is 56.6 Å². The molecule has 0 bridgehead atoms. The third kappa shape index (κ3) is 3.42. The van der Waals surface area contributed by atoms with Crippen LogP contribution in [0.1, 0.15) is 39.4 Å². The minimum Gasteiger partial charge on any atom is -0.497 e. The third-order valence-electron chi connectivity index (χ3n) is 5.14. The summed E-state index contributed by atoms with van der Waals surface area (Å²) in [6.07, 6.45) is 1.63. The Morgan fingerprint density at radius 1 is 1.00 bits per heavy atom. The molecule has 1 aliphatic heterocycles. The van der Waals surface area contributed by atoms with Crippen LogP contribution in [-0.2, 0) is 0 Å². The Morgan fingerprint density at radius 2 is 1.72 bits per heavy atom. The molecule has 0 fully saturated rings. The Kier molecular flexibility index (Phi) is 4.95. The molecule has 5 rings (SSSR count). The number of rotatable bonds is 6. The number of ether oxygens (including phenoxy) is 2. The predicted molar refractivity (Wildman–Crippen MR) is 116 cm³/mol. The molecule has 32 heavy (non-hydrogen) atoms. The van der Waals surface area contributed by atoms with Gasteiger partial charge >= 0.3 is 0 Å². The maximum absolute atomic E-state index is 12.7. The first-order valence-corrected chi connectivity index (χ1v) is 10.6. The fraction of sp³-hybridized carbons (Fsp3) is 0.130. The smallest absolute Gasteiger partial charge is 0.279 e. The number of carbonyl (C=O) groups is 2. The second-order valence-corrected chi connectivity index (χ2v) is 8.08. The van der Waals surface area contributed by atoms with Crippen molar-refractivity contribution in [3.8, 4) is 27.3 Å². The number of thiazole rings is 1. The lowest BCUT2D eigenvalue weighted by Gasteiger charge is -2.19. The van der Waals surface area contributed by atoms with E-state index in [1.165, 1.54) is 16.2 Å². The number of carbonyl (C=O) groups excluding carboxylic acids is 2. The van der Waals surface area contributed by atoms with Crippen molar-refractivity contribution in [2.24, 2.45) is 0 Å². The lowest BCUT2D eigenvalue weighted by Crippen LogP contribution is -2.32. The van der Waals surface area contributed by atoms with E-state index in [2.05, 4.69) is 10.1 Å². The minimum absolute atomic E-state index is 0.345. The summed E-state index contributed by atoms with van der Waals surface area (Å²) in [5, 5.41) is 4.53. The summed E-state index contributed by atoms with van der Waals surface area (Å²) in [4.78, 5) is 31.7. The molecular formula is C23H17N3O5S. The zero-order chi connectivity index (χ0) is 22.2. The molecule has 0 N–H and O–H groups in total. The summed E-state index contributed by atoms with van der Waals surface area (Å²) in [6, 6.07) is 15.1. The number of imide groups is 1. The molecule has 0 radical (unpaired) electrons. The maximum Gasteiger partial charge on any atom is 0.279 e. The number of nitrogens with zero attached hydrogens (tertiary/aromatic N) is 3. The molecule has 1 unspecified atom stereocenters. The summed E-state index contributed by atoms with van der Waals surface area (Å²) in [5.41, 5.74) is 1.33. The first kappa shape index (κ1) is 20.0. The van der Waals surface area contributed by atoms with Crippen molar-refractivity contribution in [3.63, 3.8) is 0 Å². The number of amides is 2. The first-order chi connectivity index (χ1) is 15.5.